The Morgan fingerprint density at radius 1 is 1.00 bits per heavy atom. The minimum absolute atomic E-state index is 0.0928. The first-order valence-electron chi connectivity index (χ1n) is 8.78. The van der Waals surface area contributed by atoms with E-state index in [1.807, 2.05) is 30.3 Å². The third-order valence-electron chi connectivity index (χ3n) is 4.42. The van der Waals surface area contributed by atoms with Crippen LogP contribution in [0.4, 0.5) is 13.2 Å². The molecule has 29 heavy (non-hydrogen) atoms. The van der Waals surface area contributed by atoms with Crippen LogP contribution in [0, 0.1) is 17.5 Å². The van der Waals surface area contributed by atoms with Crippen LogP contribution in [0.1, 0.15) is 33.3 Å². The molecule has 0 spiro atoms. The molecule has 0 aliphatic carbocycles. The summed E-state index contributed by atoms with van der Waals surface area (Å²) in [6.45, 7) is -0.330. The first-order chi connectivity index (χ1) is 14.0. The summed E-state index contributed by atoms with van der Waals surface area (Å²) in [6.07, 6.45) is -0.715. The van der Waals surface area contributed by atoms with E-state index in [4.69, 9.17) is 14.2 Å². The molecule has 0 fully saturated rings. The number of ether oxygens (including phenoxy) is 3. The standard InChI is InChI=1S/C22H15F3O4/c23-16-9-14(11-27-21(26)19-17(24)7-4-8-18(19)25)20-15(10-16)12-28-22(29-20)13-5-2-1-3-6-13/h1-10,22H,11-12H2. The summed E-state index contributed by atoms with van der Waals surface area (Å²) in [4.78, 5) is 12.1. The lowest BCUT2D eigenvalue weighted by Gasteiger charge is -2.28. The molecular weight excluding hydrogens is 385 g/mol. The highest BCUT2D eigenvalue weighted by Crippen LogP contribution is 2.37. The lowest BCUT2D eigenvalue weighted by molar-refractivity contribution is -0.112. The molecule has 148 valence electrons. The van der Waals surface area contributed by atoms with E-state index >= 15 is 0 Å². The van der Waals surface area contributed by atoms with Crippen molar-refractivity contribution in [1.82, 2.24) is 0 Å². The van der Waals surface area contributed by atoms with E-state index < -0.39 is 41.9 Å². The van der Waals surface area contributed by atoms with Gasteiger partial charge in [-0.3, -0.25) is 0 Å². The molecule has 1 aliphatic rings. The van der Waals surface area contributed by atoms with Gasteiger partial charge < -0.3 is 14.2 Å². The van der Waals surface area contributed by atoms with Gasteiger partial charge in [0, 0.05) is 16.7 Å². The van der Waals surface area contributed by atoms with Crippen molar-refractivity contribution in [3.05, 3.63) is 100 Å². The Bertz CT molecular complexity index is 1030. The number of carbonyl (C=O) groups excluding carboxylic acids is 1. The Morgan fingerprint density at radius 2 is 1.72 bits per heavy atom. The van der Waals surface area contributed by atoms with Gasteiger partial charge in [-0.15, -0.1) is 0 Å². The molecule has 1 unspecified atom stereocenters. The van der Waals surface area contributed by atoms with Gasteiger partial charge in [0.2, 0.25) is 6.29 Å². The predicted octanol–water partition coefficient (Wildman–Crippen LogP) is 5.07. The molecule has 0 radical (unpaired) electrons. The Labute approximate surface area is 164 Å². The van der Waals surface area contributed by atoms with Crippen molar-refractivity contribution in [2.45, 2.75) is 19.5 Å². The number of fused-ring (bicyclic) bond motifs is 1. The maximum atomic E-state index is 14.0. The second-order valence-electron chi connectivity index (χ2n) is 6.40. The zero-order valence-corrected chi connectivity index (χ0v) is 15.0. The third-order valence-corrected chi connectivity index (χ3v) is 4.42. The second-order valence-corrected chi connectivity index (χ2v) is 6.40. The van der Waals surface area contributed by atoms with Crippen molar-refractivity contribution in [1.29, 1.82) is 0 Å². The largest absolute Gasteiger partial charge is 0.460 e. The van der Waals surface area contributed by atoms with Crippen LogP contribution in [0.25, 0.3) is 0 Å². The summed E-state index contributed by atoms with van der Waals surface area (Å²) in [6, 6.07) is 14.6. The van der Waals surface area contributed by atoms with E-state index in [1.54, 1.807) is 0 Å². The Morgan fingerprint density at radius 3 is 2.45 bits per heavy atom. The first kappa shape index (κ1) is 19.0. The normalized spacial score (nSPS) is 15.3. The fraction of sp³-hybridized carbons (Fsp3) is 0.136. The van der Waals surface area contributed by atoms with Crippen LogP contribution in [0.15, 0.2) is 60.7 Å². The molecule has 1 atom stereocenters. The van der Waals surface area contributed by atoms with Crippen molar-refractivity contribution in [3.8, 4) is 5.75 Å². The molecule has 4 nitrogen and oxygen atoms in total. The van der Waals surface area contributed by atoms with Crippen molar-refractivity contribution < 1.29 is 32.2 Å². The van der Waals surface area contributed by atoms with Crippen LogP contribution in [-0.4, -0.2) is 5.97 Å². The highest BCUT2D eigenvalue weighted by atomic mass is 19.1. The van der Waals surface area contributed by atoms with Crippen LogP contribution in [0.3, 0.4) is 0 Å². The van der Waals surface area contributed by atoms with Crippen molar-refractivity contribution in [2.24, 2.45) is 0 Å². The Kier molecular flexibility index (Phi) is 5.22. The molecule has 4 rings (SSSR count). The molecule has 0 bridgehead atoms. The molecular formula is C22H15F3O4. The fourth-order valence-electron chi connectivity index (χ4n) is 3.07. The average Bonchev–Trinajstić information content (AvgIpc) is 2.72. The molecule has 7 heteroatoms. The van der Waals surface area contributed by atoms with Crippen molar-refractivity contribution >= 4 is 5.97 Å². The van der Waals surface area contributed by atoms with E-state index in [9.17, 15) is 18.0 Å². The summed E-state index contributed by atoms with van der Waals surface area (Å²) >= 11 is 0. The molecule has 1 heterocycles. The van der Waals surface area contributed by atoms with Crippen LogP contribution in [0.2, 0.25) is 0 Å². The Hall–Kier alpha value is -3.32. The fourth-order valence-corrected chi connectivity index (χ4v) is 3.07. The van der Waals surface area contributed by atoms with Crippen LogP contribution in [0.5, 0.6) is 5.75 Å². The van der Waals surface area contributed by atoms with E-state index in [2.05, 4.69) is 0 Å². The monoisotopic (exact) mass is 400 g/mol. The van der Waals surface area contributed by atoms with Gasteiger partial charge in [-0.2, -0.15) is 0 Å². The van der Waals surface area contributed by atoms with Crippen LogP contribution >= 0.6 is 0 Å². The summed E-state index contributed by atoms with van der Waals surface area (Å²) in [5.74, 6) is -3.52. The average molecular weight is 400 g/mol. The van der Waals surface area contributed by atoms with Crippen molar-refractivity contribution in [2.75, 3.05) is 0 Å². The molecule has 3 aromatic carbocycles. The number of halogens is 3. The first-order valence-corrected chi connectivity index (χ1v) is 8.78. The number of hydrogen-bond donors (Lipinski definition) is 0. The smallest absolute Gasteiger partial charge is 0.344 e. The SMILES string of the molecule is O=C(OCc1cc(F)cc2c1OC(c1ccccc1)OC2)c1c(F)cccc1F. The molecule has 1 aliphatic heterocycles. The van der Waals surface area contributed by atoms with E-state index in [1.165, 1.54) is 6.07 Å². The lowest BCUT2D eigenvalue weighted by Crippen LogP contribution is -2.20. The van der Waals surface area contributed by atoms with Gasteiger partial charge in [-0.25, -0.2) is 18.0 Å². The van der Waals surface area contributed by atoms with Gasteiger partial charge in [0.1, 0.15) is 35.4 Å². The highest BCUT2D eigenvalue weighted by molar-refractivity contribution is 5.90. The minimum Gasteiger partial charge on any atom is -0.460 e. The maximum absolute atomic E-state index is 14.0. The quantitative estimate of drug-likeness (QED) is 0.574. The molecule has 0 N–H and O–H groups in total. The predicted molar refractivity (Wildman–Crippen MR) is 96.5 cm³/mol. The molecule has 0 amide bonds. The minimum atomic E-state index is -1.19. The zero-order chi connectivity index (χ0) is 20.4. The highest BCUT2D eigenvalue weighted by Gasteiger charge is 2.26. The summed E-state index contributed by atoms with van der Waals surface area (Å²) < 4.78 is 58.0. The van der Waals surface area contributed by atoms with Gasteiger partial charge in [0.05, 0.1) is 6.61 Å². The maximum Gasteiger partial charge on any atom is 0.344 e. The van der Waals surface area contributed by atoms with Gasteiger partial charge in [0.15, 0.2) is 0 Å². The number of rotatable bonds is 4. The molecule has 0 aromatic heterocycles. The zero-order valence-electron chi connectivity index (χ0n) is 15.0. The van der Waals surface area contributed by atoms with E-state index in [0.717, 1.165) is 29.8 Å². The van der Waals surface area contributed by atoms with Gasteiger partial charge >= 0.3 is 5.97 Å². The summed E-state index contributed by atoms with van der Waals surface area (Å²) in [7, 11) is 0. The Balaban J connectivity index is 1.57. The van der Waals surface area contributed by atoms with Crippen LogP contribution < -0.4 is 4.74 Å². The van der Waals surface area contributed by atoms with Gasteiger partial charge in [-0.1, -0.05) is 36.4 Å². The number of esters is 1. The molecule has 3 aromatic rings. The van der Waals surface area contributed by atoms with Gasteiger partial charge in [-0.05, 0) is 24.3 Å². The second kappa shape index (κ2) is 7.97. The third kappa shape index (κ3) is 3.95. The number of benzene rings is 3. The van der Waals surface area contributed by atoms with E-state index in [0.29, 0.717) is 11.3 Å². The van der Waals surface area contributed by atoms with Crippen LogP contribution in [-0.2, 0) is 22.7 Å². The number of carbonyl (C=O) groups is 1. The number of hydrogen-bond acceptors (Lipinski definition) is 4. The molecule has 0 saturated heterocycles. The van der Waals surface area contributed by atoms with Crippen molar-refractivity contribution in [3.63, 3.8) is 0 Å². The lowest BCUT2D eigenvalue weighted by atomic mass is 10.1. The topological polar surface area (TPSA) is 44.8 Å². The molecule has 0 saturated carbocycles. The summed E-state index contributed by atoms with van der Waals surface area (Å²) in [5, 5.41) is 0. The summed E-state index contributed by atoms with van der Waals surface area (Å²) in [5.41, 5.74) is 0.637. The van der Waals surface area contributed by atoms with E-state index in [-0.39, 0.29) is 12.2 Å². The van der Waals surface area contributed by atoms with Gasteiger partial charge in [0.25, 0.3) is 0 Å².